The second-order valence-electron chi connectivity index (χ2n) is 6.52. The van der Waals surface area contributed by atoms with E-state index in [2.05, 4.69) is 25.4 Å². The number of aryl methyl sites for hydroxylation is 1. The van der Waals surface area contributed by atoms with E-state index in [0.29, 0.717) is 25.3 Å². The van der Waals surface area contributed by atoms with Gasteiger partial charge in [0.2, 0.25) is 5.82 Å². The number of nitrogens with one attached hydrogen (secondary N) is 1. The summed E-state index contributed by atoms with van der Waals surface area (Å²) in [5, 5.41) is 6.77. The minimum absolute atomic E-state index is 0.158. The molecule has 4 rings (SSSR count). The lowest BCUT2D eigenvalue weighted by Gasteiger charge is -2.33. The average molecular weight is 357 g/mol. The van der Waals surface area contributed by atoms with Crippen LogP contribution in [0.5, 0.6) is 0 Å². The molecule has 0 unspecified atom stereocenters. The molecule has 2 saturated heterocycles. The molecule has 0 saturated carbocycles. The van der Waals surface area contributed by atoms with Gasteiger partial charge in [0.1, 0.15) is 12.4 Å². The second kappa shape index (κ2) is 6.79. The van der Waals surface area contributed by atoms with E-state index >= 15 is 0 Å². The standard InChI is InChI=1S/C16H19N7O3/c1-22-9-19-14(21-22)16(25)23-5-2-10-6-11(26-12(10)8-23)15(24)20-13-7-17-3-4-18-13/h3-4,7,9-12H,2,5-6,8H2,1H3,(H,18,20,24)/t10-,11+,12+/m1/s1. The van der Waals surface area contributed by atoms with Crippen LogP contribution >= 0.6 is 0 Å². The Morgan fingerprint density at radius 2 is 2.19 bits per heavy atom. The summed E-state index contributed by atoms with van der Waals surface area (Å²) in [4.78, 5) is 38.5. The lowest BCUT2D eigenvalue weighted by Crippen LogP contribution is -2.45. The number of ether oxygens (including phenoxy) is 1. The fraction of sp³-hybridized carbons (Fsp3) is 0.500. The highest BCUT2D eigenvalue weighted by Crippen LogP contribution is 2.34. The fourth-order valence-electron chi connectivity index (χ4n) is 3.43. The van der Waals surface area contributed by atoms with Crippen LogP contribution in [0.4, 0.5) is 5.82 Å². The van der Waals surface area contributed by atoms with Crippen LogP contribution in [0, 0.1) is 5.92 Å². The predicted octanol–water partition coefficient (Wildman–Crippen LogP) is -0.137. The Morgan fingerprint density at radius 3 is 2.92 bits per heavy atom. The van der Waals surface area contributed by atoms with Crippen LogP contribution in [0.1, 0.15) is 23.5 Å². The number of hydrogen-bond donors (Lipinski definition) is 1. The number of carbonyl (C=O) groups is 2. The molecule has 4 heterocycles. The highest BCUT2D eigenvalue weighted by atomic mass is 16.5. The number of aromatic nitrogens is 5. The van der Waals surface area contributed by atoms with E-state index in [0.717, 1.165) is 6.42 Å². The van der Waals surface area contributed by atoms with Gasteiger partial charge in [0.25, 0.3) is 11.8 Å². The van der Waals surface area contributed by atoms with Gasteiger partial charge in [-0.15, -0.1) is 5.10 Å². The summed E-state index contributed by atoms with van der Waals surface area (Å²) in [5.41, 5.74) is 0. The largest absolute Gasteiger partial charge is 0.363 e. The molecular formula is C16H19N7O3. The summed E-state index contributed by atoms with van der Waals surface area (Å²) >= 11 is 0. The Bertz CT molecular complexity index is 809. The first-order valence-corrected chi connectivity index (χ1v) is 8.47. The van der Waals surface area contributed by atoms with Gasteiger partial charge in [0.05, 0.1) is 12.3 Å². The van der Waals surface area contributed by atoms with Crippen LogP contribution in [0.15, 0.2) is 24.9 Å². The van der Waals surface area contributed by atoms with E-state index < -0.39 is 6.10 Å². The van der Waals surface area contributed by atoms with E-state index in [9.17, 15) is 9.59 Å². The Kier molecular flexibility index (Phi) is 4.33. The molecule has 1 N–H and O–H groups in total. The van der Waals surface area contributed by atoms with Crippen LogP contribution in [0.2, 0.25) is 0 Å². The molecule has 10 nitrogen and oxygen atoms in total. The molecule has 2 aliphatic rings. The smallest absolute Gasteiger partial charge is 0.293 e. The predicted molar refractivity (Wildman–Crippen MR) is 89.0 cm³/mol. The molecule has 0 radical (unpaired) electrons. The molecule has 0 aromatic carbocycles. The van der Waals surface area contributed by atoms with Crippen molar-refractivity contribution < 1.29 is 14.3 Å². The first kappa shape index (κ1) is 16.6. The summed E-state index contributed by atoms with van der Waals surface area (Å²) in [6.45, 7) is 1.05. The molecule has 2 amide bonds. The monoisotopic (exact) mass is 357 g/mol. The van der Waals surface area contributed by atoms with Crippen molar-refractivity contribution in [2.24, 2.45) is 13.0 Å². The van der Waals surface area contributed by atoms with Gasteiger partial charge in [-0.1, -0.05) is 0 Å². The highest BCUT2D eigenvalue weighted by molar-refractivity contribution is 5.93. The zero-order valence-electron chi connectivity index (χ0n) is 14.3. The number of carbonyl (C=O) groups excluding carboxylic acids is 2. The van der Waals surface area contributed by atoms with Crippen LogP contribution < -0.4 is 5.32 Å². The number of piperidine rings is 1. The van der Waals surface area contributed by atoms with Gasteiger partial charge in [0, 0.05) is 32.5 Å². The lowest BCUT2D eigenvalue weighted by atomic mass is 9.91. The summed E-state index contributed by atoms with van der Waals surface area (Å²) in [6.07, 6.45) is 6.76. The lowest BCUT2D eigenvalue weighted by molar-refractivity contribution is -0.127. The van der Waals surface area contributed by atoms with Gasteiger partial charge in [-0.3, -0.25) is 19.3 Å². The van der Waals surface area contributed by atoms with Gasteiger partial charge in [-0.2, -0.15) is 0 Å². The molecule has 2 aromatic heterocycles. The van der Waals surface area contributed by atoms with Gasteiger partial charge in [-0.25, -0.2) is 9.97 Å². The van der Waals surface area contributed by atoms with E-state index in [1.807, 2.05) is 0 Å². The van der Waals surface area contributed by atoms with Crippen molar-refractivity contribution >= 4 is 17.6 Å². The van der Waals surface area contributed by atoms with Crippen LogP contribution in [0.3, 0.4) is 0 Å². The van der Waals surface area contributed by atoms with Crippen LogP contribution in [-0.4, -0.2) is 66.7 Å². The summed E-state index contributed by atoms with van der Waals surface area (Å²) in [7, 11) is 1.72. The third-order valence-corrected chi connectivity index (χ3v) is 4.74. The molecule has 0 bridgehead atoms. The van der Waals surface area contributed by atoms with Crippen molar-refractivity contribution in [2.75, 3.05) is 18.4 Å². The third-order valence-electron chi connectivity index (χ3n) is 4.74. The van der Waals surface area contributed by atoms with E-state index in [1.54, 1.807) is 18.1 Å². The van der Waals surface area contributed by atoms with E-state index in [-0.39, 0.29) is 29.7 Å². The van der Waals surface area contributed by atoms with Crippen molar-refractivity contribution in [2.45, 2.75) is 25.0 Å². The summed E-state index contributed by atoms with van der Waals surface area (Å²) < 4.78 is 7.42. The SMILES string of the molecule is Cn1cnc(C(=O)N2CC[C@@H]3C[C@@H](C(=O)Nc4cnccn4)O[C@H]3C2)n1. The van der Waals surface area contributed by atoms with Crippen molar-refractivity contribution in [1.82, 2.24) is 29.6 Å². The van der Waals surface area contributed by atoms with Gasteiger partial charge >= 0.3 is 0 Å². The molecule has 26 heavy (non-hydrogen) atoms. The summed E-state index contributed by atoms with van der Waals surface area (Å²) in [6, 6.07) is 0. The van der Waals surface area contributed by atoms with Crippen LogP contribution in [0.25, 0.3) is 0 Å². The number of rotatable bonds is 3. The third kappa shape index (κ3) is 3.27. The Balaban J connectivity index is 1.37. The zero-order chi connectivity index (χ0) is 18.1. The minimum Gasteiger partial charge on any atom is -0.363 e. The van der Waals surface area contributed by atoms with Gasteiger partial charge < -0.3 is 15.0 Å². The Hall–Kier alpha value is -2.88. The number of likely N-dealkylation sites (tertiary alicyclic amines) is 1. The molecule has 2 fully saturated rings. The molecule has 10 heteroatoms. The quantitative estimate of drug-likeness (QED) is 0.813. The van der Waals surface area contributed by atoms with Gasteiger partial charge in [0.15, 0.2) is 5.82 Å². The number of anilines is 1. The molecular weight excluding hydrogens is 338 g/mol. The van der Waals surface area contributed by atoms with E-state index in [1.165, 1.54) is 23.4 Å². The Morgan fingerprint density at radius 1 is 1.31 bits per heavy atom. The van der Waals surface area contributed by atoms with Crippen molar-refractivity contribution in [3.63, 3.8) is 0 Å². The van der Waals surface area contributed by atoms with Gasteiger partial charge in [-0.05, 0) is 18.8 Å². The maximum absolute atomic E-state index is 12.5. The average Bonchev–Trinajstić information content (AvgIpc) is 3.27. The number of amides is 2. The van der Waals surface area contributed by atoms with Crippen molar-refractivity contribution in [3.05, 3.63) is 30.7 Å². The minimum atomic E-state index is -0.546. The first-order chi connectivity index (χ1) is 12.6. The maximum atomic E-state index is 12.5. The van der Waals surface area contributed by atoms with E-state index in [4.69, 9.17) is 4.74 Å². The van der Waals surface area contributed by atoms with Crippen molar-refractivity contribution in [3.8, 4) is 0 Å². The number of nitrogens with zero attached hydrogens (tertiary/aromatic N) is 6. The topological polar surface area (TPSA) is 115 Å². The number of fused-ring (bicyclic) bond motifs is 1. The molecule has 2 aliphatic heterocycles. The van der Waals surface area contributed by atoms with Crippen LogP contribution in [-0.2, 0) is 16.6 Å². The highest BCUT2D eigenvalue weighted by Gasteiger charge is 2.43. The zero-order valence-corrected chi connectivity index (χ0v) is 14.3. The molecule has 2 aromatic rings. The Labute approximate surface area is 149 Å². The molecule has 0 aliphatic carbocycles. The molecule has 3 atom stereocenters. The first-order valence-electron chi connectivity index (χ1n) is 8.47. The second-order valence-corrected chi connectivity index (χ2v) is 6.52. The summed E-state index contributed by atoms with van der Waals surface area (Å²) in [5.74, 6) is 0.396. The number of hydrogen-bond acceptors (Lipinski definition) is 7. The molecule has 0 spiro atoms. The normalized spacial score (nSPS) is 25.0. The fourth-order valence-corrected chi connectivity index (χ4v) is 3.43. The maximum Gasteiger partial charge on any atom is 0.293 e. The van der Waals surface area contributed by atoms with Crippen molar-refractivity contribution in [1.29, 1.82) is 0 Å². The molecule has 136 valence electrons.